The molecule has 0 saturated carbocycles. The molecule has 4 amide bonds. The van der Waals surface area contributed by atoms with Crippen LogP contribution in [0, 0.1) is 5.41 Å². The average Bonchev–Trinajstić information content (AvgIpc) is 3.83. The quantitative estimate of drug-likeness (QED) is 0.0263. The summed E-state index contributed by atoms with van der Waals surface area (Å²) in [5.41, 5.74) is 6.53. The number of nitrogens with zero attached hydrogens (tertiary/aromatic N) is 3. The molecular weight excluding hydrogens is 813 g/mol. The van der Waals surface area contributed by atoms with Crippen LogP contribution >= 0.6 is 0 Å². The number of piperidine rings is 1. The summed E-state index contributed by atoms with van der Waals surface area (Å²) in [5.74, 6) is -1.17. The molecular formula is C46H48N6O11. The number of rotatable bonds is 23. The first kappa shape index (κ1) is 44.3. The van der Waals surface area contributed by atoms with Crippen LogP contribution in [0.1, 0.15) is 62.2 Å². The Balaban J connectivity index is 0.716. The van der Waals surface area contributed by atoms with E-state index in [1.165, 1.54) is 12.1 Å². The summed E-state index contributed by atoms with van der Waals surface area (Å²) >= 11 is 0. The highest BCUT2D eigenvalue weighted by atomic mass is 16.6. The largest absolute Gasteiger partial charge is 0.491 e. The summed E-state index contributed by atoms with van der Waals surface area (Å²) in [6, 6.07) is 20.6. The molecule has 2 aliphatic heterocycles. The van der Waals surface area contributed by atoms with Gasteiger partial charge in [-0.05, 0) is 85.0 Å². The van der Waals surface area contributed by atoms with Gasteiger partial charge in [0.15, 0.2) is 0 Å². The maximum absolute atomic E-state index is 13.0. The van der Waals surface area contributed by atoms with Gasteiger partial charge < -0.3 is 38.9 Å². The van der Waals surface area contributed by atoms with Crippen LogP contribution in [0.5, 0.6) is 11.5 Å². The maximum Gasteiger partial charge on any atom is 0.262 e. The third-order valence-electron chi connectivity index (χ3n) is 10.5. The SMILES string of the molecule is N=C(/C(=C\Nc1ccc(OCCOCCOCCOCCOCCOc2ccc3c(c2)C(=O)N(C2CCC(=O)NC2=O)C3=O)cc1)c1ccc2c(c1)CC/C2=N\O)c1ccncc1. The molecule has 1 saturated heterocycles. The lowest BCUT2D eigenvalue weighted by Gasteiger charge is -2.27. The number of benzene rings is 3. The Morgan fingerprint density at radius 3 is 1.97 bits per heavy atom. The van der Waals surface area contributed by atoms with E-state index in [0.717, 1.165) is 39.3 Å². The van der Waals surface area contributed by atoms with E-state index in [2.05, 4.69) is 26.8 Å². The van der Waals surface area contributed by atoms with Crippen LogP contribution in [0.3, 0.4) is 0 Å². The zero-order valence-corrected chi connectivity index (χ0v) is 34.5. The van der Waals surface area contributed by atoms with Crippen molar-refractivity contribution in [2.75, 3.05) is 71.4 Å². The van der Waals surface area contributed by atoms with Crippen molar-refractivity contribution in [3.05, 3.63) is 125 Å². The van der Waals surface area contributed by atoms with E-state index in [-0.39, 0.29) is 37.2 Å². The third-order valence-corrected chi connectivity index (χ3v) is 10.5. The number of aromatic nitrogens is 1. The number of fused-ring (bicyclic) bond motifs is 2. The molecule has 0 bridgehead atoms. The minimum Gasteiger partial charge on any atom is -0.491 e. The van der Waals surface area contributed by atoms with E-state index in [0.29, 0.717) is 87.8 Å². The van der Waals surface area contributed by atoms with Gasteiger partial charge in [-0.1, -0.05) is 23.4 Å². The van der Waals surface area contributed by atoms with Crippen molar-refractivity contribution in [3.63, 3.8) is 0 Å². The molecule has 17 heteroatoms. The molecule has 4 N–H and O–H groups in total. The van der Waals surface area contributed by atoms with Gasteiger partial charge >= 0.3 is 0 Å². The van der Waals surface area contributed by atoms with Crippen LogP contribution in [0.4, 0.5) is 5.69 Å². The second kappa shape index (κ2) is 21.8. The molecule has 0 radical (unpaired) electrons. The van der Waals surface area contributed by atoms with Gasteiger partial charge in [-0.2, -0.15) is 0 Å². The molecule has 4 aromatic rings. The number of hydrogen-bond acceptors (Lipinski definition) is 15. The second-order valence-electron chi connectivity index (χ2n) is 14.6. The lowest BCUT2D eigenvalue weighted by Crippen LogP contribution is -2.54. The predicted octanol–water partition coefficient (Wildman–Crippen LogP) is 4.65. The van der Waals surface area contributed by atoms with Crippen LogP contribution < -0.4 is 20.1 Å². The highest BCUT2D eigenvalue weighted by Crippen LogP contribution is 2.31. The molecule has 328 valence electrons. The second-order valence-corrected chi connectivity index (χ2v) is 14.6. The summed E-state index contributed by atoms with van der Waals surface area (Å²) in [7, 11) is 0. The van der Waals surface area contributed by atoms with E-state index < -0.39 is 29.7 Å². The van der Waals surface area contributed by atoms with Gasteiger partial charge in [0.05, 0.1) is 75.4 Å². The van der Waals surface area contributed by atoms with Crippen LogP contribution in [0.15, 0.2) is 96.5 Å². The number of amides is 4. The molecule has 3 heterocycles. The van der Waals surface area contributed by atoms with Crippen molar-refractivity contribution >= 4 is 46.3 Å². The van der Waals surface area contributed by atoms with Crippen LogP contribution in [0.25, 0.3) is 5.57 Å². The summed E-state index contributed by atoms with van der Waals surface area (Å²) in [5, 5.41) is 27.3. The summed E-state index contributed by atoms with van der Waals surface area (Å²) in [6.45, 7) is 3.58. The lowest BCUT2D eigenvalue weighted by atomic mass is 9.94. The van der Waals surface area contributed by atoms with Crippen molar-refractivity contribution < 1.29 is 52.8 Å². The highest BCUT2D eigenvalue weighted by molar-refractivity contribution is 6.30. The van der Waals surface area contributed by atoms with Crippen LogP contribution in [-0.2, 0) is 35.0 Å². The van der Waals surface area contributed by atoms with E-state index in [1.807, 2.05) is 54.7 Å². The molecule has 1 fully saturated rings. The molecule has 17 nitrogen and oxygen atoms in total. The Labute approximate surface area is 363 Å². The van der Waals surface area contributed by atoms with E-state index in [4.69, 9.17) is 33.8 Å². The molecule has 63 heavy (non-hydrogen) atoms. The molecule has 0 spiro atoms. The van der Waals surface area contributed by atoms with Gasteiger partial charge in [0.1, 0.15) is 30.8 Å². The van der Waals surface area contributed by atoms with Gasteiger partial charge in [0.25, 0.3) is 11.8 Å². The first-order valence-corrected chi connectivity index (χ1v) is 20.6. The van der Waals surface area contributed by atoms with Gasteiger partial charge in [-0.25, -0.2) is 0 Å². The lowest BCUT2D eigenvalue weighted by molar-refractivity contribution is -0.136. The van der Waals surface area contributed by atoms with E-state index >= 15 is 0 Å². The summed E-state index contributed by atoms with van der Waals surface area (Å²) < 4.78 is 33.8. The molecule has 3 aromatic carbocycles. The number of pyridine rings is 1. The van der Waals surface area contributed by atoms with Gasteiger partial charge in [-0.3, -0.25) is 39.8 Å². The Morgan fingerprint density at radius 2 is 1.32 bits per heavy atom. The minimum absolute atomic E-state index is 0.0546. The maximum atomic E-state index is 13.0. The van der Waals surface area contributed by atoms with Crippen LogP contribution in [-0.4, -0.2) is 122 Å². The average molecular weight is 861 g/mol. The fourth-order valence-electron chi connectivity index (χ4n) is 7.26. The number of carbonyl (C=O) groups is 4. The normalized spacial score (nSPS) is 16.6. The monoisotopic (exact) mass is 860 g/mol. The first-order valence-electron chi connectivity index (χ1n) is 20.6. The van der Waals surface area contributed by atoms with Gasteiger partial charge in [0.2, 0.25) is 11.8 Å². The smallest absolute Gasteiger partial charge is 0.262 e. The standard InChI is InChI=1S/C46H48N6O11/c47-43(30-13-15-48-16-14-30)39(32-1-8-36-31(27-32)2-10-40(36)51-57)29-49-33-3-5-34(6-4-33)62-25-23-60-21-19-58-17-18-59-20-22-61-24-26-63-35-7-9-37-38(28-35)46(56)52(45(37)55)41-11-12-42(53)50-44(41)54/h1,3-9,13-16,27-29,41,47,49,57H,2,10-12,17-26H2,(H,50,53,54)/b39-29-,47-43?,51-40+. The summed E-state index contributed by atoms with van der Waals surface area (Å²) in [4.78, 5) is 54.6. The number of carbonyl (C=O) groups excluding carboxylic acids is 4. The van der Waals surface area contributed by atoms with Crippen LogP contribution in [0.2, 0.25) is 0 Å². The van der Waals surface area contributed by atoms with Gasteiger partial charge in [-0.15, -0.1) is 0 Å². The zero-order valence-electron chi connectivity index (χ0n) is 34.5. The number of aryl methyl sites for hydroxylation is 1. The number of anilines is 1. The number of nitrogens with one attached hydrogen (secondary N) is 3. The fraction of sp³-hybridized carbons (Fsp3) is 0.326. The highest BCUT2D eigenvalue weighted by Gasteiger charge is 2.44. The summed E-state index contributed by atoms with van der Waals surface area (Å²) in [6.07, 6.45) is 6.76. The Bertz CT molecular complexity index is 2350. The molecule has 1 unspecified atom stereocenters. The van der Waals surface area contributed by atoms with Crippen molar-refractivity contribution in [2.45, 2.75) is 31.7 Å². The Morgan fingerprint density at radius 1 is 0.714 bits per heavy atom. The third kappa shape index (κ3) is 11.4. The number of imide groups is 2. The molecule has 1 aliphatic carbocycles. The van der Waals surface area contributed by atoms with Gasteiger partial charge in [0, 0.05) is 47.4 Å². The molecule has 1 atom stereocenters. The van der Waals surface area contributed by atoms with Crippen molar-refractivity contribution in [2.24, 2.45) is 5.16 Å². The van der Waals surface area contributed by atoms with E-state index in [9.17, 15) is 24.4 Å². The number of hydrogen-bond donors (Lipinski definition) is 4. The predicted molar refractivity (Wildman–Crippen MR) is 230 cm³/mol. The number of allylic oxidation sites excluding steroid dienone is 1. The van der Waals surface area contributed by atoms with Crippen molar-refractivity contribution in [1.29, 1.82) is 5.41 Å². The topological polar surface area (TPSA) is 220 Å². The molecule has 1 aromatic heterocycles. The fourth-order valence-corrected chi connectivity index (χ4v) is 7.26. The zero-order chi connectivity index (χ0) is 44.0. The Hall–Kier alpha value is -6.79. The number of ether oxygens (including phenoxy) is 6. The first-order chi connectivity index (χ1) is 30.8. The number of oxime groups is 1. The Kier molecular flexibility index (Phi) is 15.3. The molecule has 3 aliphatic rings. The van der Waals surface area contributed by atoms with E-state index in [1.54, 1.807) is 18.5 Å². The van der Waals surface area contributed by atoms with Crippen molar-refractivity contribution in [3.8, 4) is 11.5 Å². The van der Waals surface area contributed by atoms with Crippen molar-refractivity contribution in [1.82, 2.24) is 15.2 Å². The minimum atomic E-state index is -1.02. The molecule has 7 rings (SSSR count).